The molecule has 0 fully saturated rings. The summed E-state index contributed by atoms with van der Waals surface area (Å²) in [5.74, 6) is -1.12. The first-order valence-corrected chi connectivity index (χ1v) is 8.06. The second-order valence-corrected chi connectivity index (χ2v) is 6.20. The SMILES string of the molecule is C=CC(=O)Nc1ccc(S(=O)(=O)NC(=O)c2ccccc2)cc1. The maximum absolute atomic E-state index is 12.2. The Morgan fingerprint density at radius 1 is 0.957 bits per heavy atom. The molecule has 23 heavy (non-hydrogen) atoms. The number of nitrogens with one attached hydrogen (secondary N) is 2. The van der Waals surface area contributed by atoms with Gasteiger partial charge in [-0.3, -0.25) is 9.59 Å². The molecule has 0 atom stereocenters. The zero-order chi connectivity index (χ0) is 16.9. The number of carbonyl (C=O) groups excluding carboxylic acids is 2. The molecule has 0 aromatic heterocycles. The maximum atomic E-state index is 12.2. The fourth-order valence-corrected chi connectivity index (χ4v) is 2.71. The average molecular weight is 330 g/mol. The topological polar surface area (TPSA) is 92.3 Å². The van der Waals surface area contributed by atoms with Gasteiger partial charge in [-0.05, 0) is 42.5 Å². The minimum atomic E-state index is -3.99. The van der Waals surface area contributed by atoms with Gasteiger partial charge in [0.05, 0.1) is 4.90 Å². The Labute approximate surface area is 133 Å². The summed E-state index contributed by atoms with van der Waals surface area (Å²) in [6.45, 7) is 3.32. The van der Waals surface area contributed by atoms with Gasteiger partial charge in [0.15, 0.2) is 0 Å². The molecule has 0 spiro atoms. The number of sulfonamides is 1. The molecule has 2 aromatic carbocycles. The molecule has 0 bridgehead atoms. The maximum Gasteiger partial charge on any atom is 0.264 e. The van der Waals surface area contributed by atoms with Crippen LogP contribution >= 0.6 is 0 Å². The molecule has 0 aliphatic carbocycles. The van der Waals surface area contributed by atoms with Gasteiger partial charge in [0, 0.05) is 11.3 Å². The van der Waals surface area contributed by atoms with Crippen LogP contribution in [-0.2, 0) is 14.8 Å². The van der Waals surface area contributed by atoms with Gasteiger partial charge in [-0.15, -0.1) is 0 Å². The predicted molar refractivity (Wildman–Crippen MR) is 86.4 cm³/mol. The van der Waals surface area contributed by atoms with Gasteiger partial charge in [-0.25, -0.2) is 13.1 Å². The summed E-state index contributed by atoms with van der Waals surface area (Å²) < 4.78 is 26.3. The summed E-state index contributed by atoms with van der Waals surface area (Å²) >= 11 is 0. The number of benzene rings is 2. The van der Waals surface area contributed by atoms with Crippen LogP contribution in [0.2, 0.25) is 0 Å². The summed E-state index contributed by atoms with van der Waals surface area (Å²) in [6.07, 6.45) is 1.10. The fraction of sp³-hybridized carbons (Fsp3) is 0. The lowest BCUT2D eigenvalue weighted by Crippen LogP contribution is -2.30. The van der Waals surface area contributed by atoms with Crippen molar-refractivity contribution in [1.82, 2.24) is 4.72 Å². The predicted octanol–water partition coefficient (Wildman–Crippen LogP) is 1.93. The number of hydrogen-bond acceptors (Lipinski definition) is 4. The van der Waals surface area contributed by atoms with Crippen LogP contribution in [0.15, 0.2) is 72.1 Å². The zero-order valence-electron chi connectivity index (χ0n) is 12.0. The van der Waals surface area contributed by atoms with E-state index in [-0.39, 0.29) is 10.5 Å². The lowest BCUT2D eigenvalue weighted by atomic mass is 10.2. The van der Waals surface area contributed by atoms with Crippen LogP contribution in [-0.4, -0.2) is 20.2 Å². The Bertz CT molecular complexity index is 828. The van der Waals surface area contributed by atoms with E-state index >= 15 is 0 Å². The van der Waals surface area contributed by atoms with Crippen molar-refractivity contribution in [2.45, 2.75) is 4.90 Å². The molecule has 0 saturated heterocycles. The molecule has 0 aliphatic heterocycles. The highest BCUT2D eigenvalue weighted by molar-refractivity contribution is 7.90. The van der Waals surface area contributed by atoms with Crippen molar-refractivity contribution in [1.29, 1.82) is 0 Å². The first kappa shape index (κ1) is 16.4. The molecule has 7 heteroatoms. The van der Waals surface area contributed by atoms with E-state index in [1.54, 1.807) is 18.2 Å². The molecule has 0 saturated carbocycles. The van der Waals surface area contributed by atoms with E-state index in [4.69, 9.17) is 0 Å². The van der Waals surface area contributed by atoms with Gasteiger partial charge in [0.25, 0.3) is 15.9 Å². The quantitative estimate of drug-likeness (QED) is 0.819. The Hall–Kier alpha value is -2.93. The third-order valence-corrected chi connectivity index (χ3v) is 4.23. The lowest BCUT2D eigenvalue weighted by molar-refractivity contribution is -0.111. The average Bonchev–Trinajstić information content (AvgIpc) is 2.55. The van der Waals surface area contributed by atoms with Crippen LogP contribution in [0.25, 0.3) is 0 Å². The van der Waals surface area contributed by atoms with Gasteiger partial charge < -0.3 is 5.32 Å². The molecule has 2 rings (SSSR count). The van der Waals surface area contributed by atoms with Crippen molar-refractivity contribution in [2.24, 2.45) is 0 Å². The Kier molecular flexibility index (Phi) is 4.92. The molecule has 118 valence electrons. The fourth-order valence-electron chi connectivity index (χ4n) is 1.74. The molecule has 0 aliphatic rings. The van der Waals surface area contributed by atoms with E-state index in [0.29, 0.717) is 5.69 Å². The van der Waals surface area contributed by atoms with Gasteiger partial charge in [0.1, 0.15) is 0 Å². The molecule has 2 amide bonds. The number of amides is 2. The third kappa shape index (κ3) is 4.27. The Morgan fingerprint density at radius 3 is 2.13 bits per heavy atom. The second kappa shape index (κ2) is 6.89. The summed E-state index contributed by atoms with van der Waals surface area (Å²) in [4.78, 5) is 23.0. The summed E-state index contributed by atoms with van der Waals surface area (Å²) in [6, 6.07) is 13.4. The molecular formula is C16H14N2O4S. The largest absolute Gasteiger partial charge is 0.323 e. The molecule has 0 heterocycles. The van der Waals surface area contributed by atoms with Crippen LogP contribution in [0.4, 0.5) is 5.69 Å². The summed E-state index contributed by atoms with van der Waals surface area (Å²) in [5.41, 5.74) is 0.661. The first-order valence-electron chi connectivity index (χ1n) is 6.58. The molecular weight excluding hydrogens is 316 g/mol. The van der Waals surface area contributed by atoms with Crippen LogP contribution < -0.4 is 10.0 Å². The van der Waals surface area contributed by atoms with Crippen molar-refractivity contribution < 1.29 is 18.0 Å². The van der Waals surface area contributed by atoms with E-state index in [0.717, 1.165) is 6.08 Å². The molecule has 0 radical (unpaired) electrons. The van der Waals surface area contributed by atoms with E-state index in [9.17, 15) is 18.0 Å². The second-order valence-electron chi connectivity index (χ2n) is 4.52. The number of hydrogen-bond donors (Lipinski definition) is 2. The van der Waals surface area contributed by atoms with Gasteiger partial charge in [-0.1, -0.05) is 24.8 Å². The monoisotopic (exact) mass is 330 g/mol. The summed E-state index contributed by atoms with van der Waals surface area (Å²) in [7, 11) is -3.99. The standard InChI is InChI=1S/C16H14N2O4S/c1-2-15(19)17-13-8-10-14(11-9-13)23(21,22)18-16(20)12-6-4-3-5-7-12/h2-11H,1H2,(H,17,19)(H,18,20). The first-order chi connectivity index (χ1) is 10.9. The molecule has 2 aromatic rings. The smallest absolute Gasteiger partial charge is 0.264 e. The molecule has 2 N–H and O–H groups in total. The Balaban J connectivity index is 2.15. The van der Waals surface area contributed by atoms with Crippen LogP contribution in [0.5, 0.6) is 0 Å². The van der Waals surface area contributed by atoms with Gasteiger partial charge in [0.2, 0.25) is 5.91 Å². The van der Waals surface area contributed by atoms with Crippen molar-refractivity contribution in [3.05, 3.63) is 72.8 Å². The van der Waals surface area contributed by atoms with E-state index in [1.165, 1.54) is 36.4 Å². The van der Waals surface area contributed by atoms with Gasteiger partial charge >= 0.3 is 0 Å². The summed E-state index contributed by atoms with van der Waals surface area (Å²) in [5, 5.41) is 2.50. The minimum Gasteiger partial charge on any atom is -0.323 e. The highest BCUT2D eigenvalue weighted by atomic mass is 32.2. The normalized spacial score (nSPS) is 10.6. The highest BCUT2D eigenvalue weighted by Crippen LogP contribution is 2.14. The van der Waals surface area contributed by atoms with Crippen molar-refractivity contribution in [3.63, 3.8) is 0 Å². The van der Waals surface area contributed by atoms with E-state index < -0.39 is 21.8 Å². The minimum absolute atomic E-state index is 0.0848. The zero-order valence-corrected chi connectivity index (χ0v) is 12.8. The molecule has 6 nitrogen and oxygen atoms in total. The lowest BCUT2D eigenvalue weighted by Gasteiger charge is -2.08. The number of anilines is 1. The van der Waals surface area contributed by atoms with Crippen LogP contribution in [0, 0.1) is 0 Å². The van der Waals surface area contributed by atoms with E-state index in [1.807, 2.05) is 4.72 Å². The molecule has 0 unspecified atom stereocenters. The number of carbonyl (C=O) groups is 2. The Morgan fingerprint density at radius 2 is 1.57 bits per heavy atom. The van der Waals surface area contributed by atoms with Gasteiger partial charge in [-0.2, -0.15) is 0 Å². The third-order valence-electron chi connectivity index (χ3n) is 2.88. The van der Waals surface area contributed by atoms with Crippen LogP contribution in [0.1, 0.15) is 10.4 Å². The van der Waals surface area contributed by atoms with Crippen molar-refractivity contribution in [3.8, 4) is 0 Å². The van der Waals surface area contributed by atoms with Crippen molar-refractivity contribution in [2.75, 3.05) is 5.32 Å². The number of rotatable bonds is 5. The van der Waals surface area contributed by atoms with Crippen LogP contribution in [0.3, 0.4) is 0 Å². The highest BCUT2D eigenvalue weighted by Gasteiger charge is 2.18. The van der Waals surface area contributed by atoms with E-state index in [2.05, 4.69) is 11.9 Å². The van der Waals surface area contributed by atoms with Crippen molar-refractivity contribution >= 4 is 27.5 Å².